The molecule has 1 nitrogen and oxygen atoms in total. The van der Waals surface area contributed by atoms with Crippen molar-refractivity contribution in [3.63, 3.8) is 0 Å². The zero-order chi connectivity index (χ0) is 5.11. The fourth-order valence-electron chi connectivity index (χ4n) is 0.508. The minimum atomic E-state index is 0. The highest BCUT2D eigenvalue weighted by Gasteiger charge is 1.98. The molecule has 0 aromatic rings. The lowest BCUT2D eigenvalue weighted by Crippen LogP contribution is -2.10. The van der Waals surface area contributed by atoms with Crippen LogP contribution in [-0.2, 0) is 0 Å². The molecule has 0 aromatic heterocycles. The molecule has 0 amide bonds. The lowest BCUT2D eigenvalue weighted by molar-refractivity contribution is 0.474. The monoisotopic (exact) mass is 151 g/mol. The van der Waals surface area contributed by atoms with Gasteiger partial charge in [-0.05, 0) is 12.3 Å². The topological polar surface area (TPSA) is 3.24 Å². The van der Waals surface area contributed by atoms with Gasteiger partial charge in [-0.25, -0.2) is 0 Å². The Morgan fingerprint density at radius 2 is 2.50 bits per heavy atom. The molecule has 0 spiro atoms. The minimum Gasteiger partial charge on any atom is -0.368 e. The van der Waals surface area contributed by atoms with Gasteiger partial charge in [0.25, 0.3) is 0 Å². The molecule has 1 aliphatic rings. The van der Waals surface area contributed by atoms with Gasteiger partial charge in [0.05, 0.1) is 5.88 Å². The predicted octanol–water partition coefficient (Wildman–Crippen LogP) is 1.91. The standard InChI is InChI=1S/C5H9NS.ClH/c1-2-6-3-4-7-5-6;/h3-4H,2,5H2,1H3;1H. The zero-order valence-electron chi connectivity index (χ0n) is 4.83. The van der Waals surface area contributed by atoms with Crippen molar-refractivity contribution in [2.45, 2.75) is 6.92 Å². The van der Waals surface area contributed by atoms with Gasteiger partial charge in [-0.15, -0.1) is 24.2 Å². The first-order valence-electron chi connectivity index (χ1n) is 2.46. The van der Waals surface area contributed by atoms with Crippen LogP contribution in [0.5, 0.6) is 0 Å². The highest BCUT2D eigenvalue weighted by molar-refractivity contribution is 8.02. The van der Waals surface area contributed by atoms with E-state index in [0.29, 0.717) is 0 Å². The van der Waals surface area contributed by atoms with Gasteiger partial charge < -0.3 is 4.90 Å². The maximum absolute atomic E-state index is 2.27. The largest absolute Gasteiger partial charge is 0.368 e. The Kier molecular flexibility index (Phi) is 4.19. The highest BCUT2D eigenvalue weighted by Crippen LogP contribution is 2.13. The average molecular weight is 152 g/mol. The van der Waals surface area contributed by atoms with Crippen LogP contribution in [0.25, 0.3) is 0 Å². The molecule has 48 valence electrons. The number of hydrogen-bond donors (Lipinski definition) is 0. The fraction of sp³-hybridized carbons (Fsp3) is 0.600. The van der Waals surface area contributed by atoms with Gasteiger partial charge in [-0.2, -0.15) is 0 Å². The zero-order valence-corrected chi connectivity index (χ0v) is 6.47. The van der Waals surface area contributed by atoms with Gasteiger partial charge >= 0.3 is 0 Å². The van der Waals surface area contributed by atoms with E-state index in [4.69, 9.17) is 0 Å². The van der Waals surface area contributed by atoms with E-state index >= 15 is 0 Å². The summed E-state index contributed by atoms with van der Waals surface area (Å²) < 4.78 is 0. The normalized spacial score (nSPS) is 16.4. The SMILES string of the molecule is CCN1C=CSC1.Cl. The van der Waals surface area contributed by atoms with E-state index in [-0.39, 0.29) is 12.4 Å². The third-order valence-corrected chi connectivity index (χ3v) is 1.81. The van der Waals surface area contributed by atoms with E-state index in [1.807, 2.05) is 11.8 Å². The predicted molar refractivity (Wildman–Crippen MR) is 41.2 cm³/mol. The Morgan fingerprint density at radius 3 is 2.75 bits per heavy atom. The van der Waals surface area contributed by atoms with Crippen LogP contribution in [0.3, 0.4) is 0 Å². The fourth-order valence-corrected chi connectivity index (χ4v) is 1.31. The summed E-state index contributed by atoms with van der Waals surface area (Å²) in [6, 6.07) is 0. The van der Waals surface area contributed by atoms with Crippen molar-refractivity contribution >= 4 is 24.2 Å². The first-order valence-corrected chi connectivity index (χ1v) is 3.50. The van der Waals surface area contributed by atoms with Gasteiger partial charge in [-0.3, -0.25) is 0 Å². The maximum atomic E-state index is 2.27. The van der Waals surface area contributed by atoms with Crippen molar-refractivity contribution in [1.29, 1.82) is 0 Å². The Balaban J connectivity index is 0.000000490. The number of thioether (sulfide) groups is 1. The molecule has 1 heterocycles. The van der Waals surface area contributed by atoms with Crippen LogP contribution in [-0.4, -0.2) is 17.3 Å². The van der Waals surface area contributed by atoms with Crippen LogP contribution in [0.2, 0.25) is 0 Å². The molecular formula is C5H10ClNS. The van der Waals surface area contributed by atoms with Crippen molar-refractivity contribution in [2.75, 3.05) is 12.4 Å². The molecule has 0 N–H and O–H groups in total. The van der Waals surface area contributed by atoms with Gasteiger partial charge in [0.2, 0.25) is 0 Å². The Morgan fingerprint density at radius 1 is 1.75 bits per heavy atom. The summed E-state index contributed by atoms with van der Waals surface area (Å²) in [6.07, 6.45) is 2.13. The van der Waals surface area contributed by atoms with E-state index in [0.717, 1.165) is 12.4 Å². The number of hydrogen-bond acceptors (Lipinski definition) is 2. The molecule has 0 fully saturated rings. The highest BCUT2D eigenvalue weighted by atomic mass is 35.5. The number of rotatable bonds is 1. The molecule has 8 heavy (non-hydrogen) atoms. The molecule has 0 aliphatic carbocycles. The van der Waals surface area contributed by atoms with Crippen molar-refractivity contribution in [3.05, 3.63) is 11.6 Å². The lowest BCUT2D eigenvalue weighted by Gasteiger charge is -2.08. The van der Waals surface area contributed by atoms with Gasteiger partial charge in [0, 0.05) is 12.7 Å². The summed E-state index contributed by atoms with van der Waals surface area (Å²) in [6.45, 7) is 3.31. The van der Waals surface area contributed by atoms with Crippen molar-refractivity contribution in [1.82, 2.24) is 4.90 Å². The van der Waals surface area contributed by atoms with Crippen LogP contribution in [0.15, 0.2) is 11.6 Å². The van der Waals surface area contributed by atoms with Crippen molar-refractivity contribution in [2.24, 2.45) is 0 Å². The Labute approximate surface area is 60.5 Å². The first-order chi connectivity index (χ1) is 3.43. The van der Waals surface area contributed by atoms with E-state index in [2.05, 4.69) is 23.4 Å². The first kappa shape index (κ1) is 8.18. The van der Waals surface area contributed by atoms with Gasteiger partial charge in [-0.1, -0.05) is 0 Å². The molecule has 0 radical (unpaired) electrons. The smallest absolute Gasteiger partial charge is 0.0674 e. The Bertz CT molecular complexity index is 84.5. The summed E-state index contributed by atoms with van der Waals surface area (Å²) in [5, 5.41) is 2.13. The molecule has 3 heteroatoms. The van der Waals surface area contributed by atoms with E-state index in [9.17, 15) is 0 Å². The minimum absolute atomic E-state index is 0. The average Bonchev–Trinajstić information content (AvgIpc) is 2.14. The van der Waals surface area contributed by atoms with E-state index in [1.165, 1.54) is 0 Å². The van der Waals surface area contributed by atoms with Crippen LogP contribution in [0, 0.1) is 0 Å². The van der Waals surface area contributed by atoms with Crippen molar-refractivity contribution < 1.29 is 0 Å². The van der Waals surface area contributed by atoms with Gasteiger partial charge in [0.15, 0.2) is 0 Å². The second-order valence-corrected chi connectivity index (χ2v) is 2.35. The second kappa shape index (κ2) is 4.10. The van der Waals surface area contributed by atoms with E-state index < -0.39 is 0 Å². The maximum Gasteiger partial charge on any atom is 0.0674 e. The quantitative estimate of drug-likeness (QED) is 0.563. The lowest BCUT2D eigenvalue weighted by atomic mass is 10.7. The molecule has 0 unspecified atom stereocenters. The summed E-state index contributed by atoms with van der Waals surface area (Å²) in [5.74, 6) is 1.15. The van der Waals surface area contributed by atoms with Crippen LogP contribution >= 0.6 is 24.2 Å². The molecule has 0 saturated heterocycles. The molecule has 1 aliphatic heterocycles. The summed E-state index contributed by atoms with van der Waals surface area (Å²) in [7, 11) is 0. The molecule has 0 atom stereocenters. The van der Waals surface area contributed by atoms with Crippen LogP contribution in [0.4, 0.5) is 0 Å². The molecule has 0 aromatic carbocycles. The van der Waals surface area contributed by atoms with Crippen molar-refractivity contribution in [3.8, 4) is 0 Å². The second-order valence-electron chi connectivity index (χ2n) is 1.49. The number of halogens is 1. The molecule has 1 rings (SSSR count). The third kappa shape index (κ3) is 1.97. The van der Waals surface area contributed by atoms with E-state index in [1.54, 1.807) is 0 Å². The third-order valence-electron chi connectivity index (χ3n) is 1.01. The number of nitrogens with zero attached hydrogens (tertiary/aromatic N) is 1. The summed E-state index contributed by atoms with van der Waals surface area (Å²) in [4.78, 5) is 2.27. The molecular weight excluding hydrogens is 142 g/mol. The molecule has 0 saturated carbocycles. The van der Waals surface area contributed by atoms with Crippen LogP contribution < -0.4 is 0 Å². The Hall–Kier alpha value is 0.180. The molecule has 0 bridgehead atoms. The van der Waals surface area contributed by atoms with Crippen LogP contribution in [0.1, 0.15) is 6.92 Å². The summed E-state index contributed by atoms with van der Waals surface area (Å²) in [5.41, 5.74) is 0. The van der Waals surface area contributed by atoms with Gasteiger partial charge in [0.1, 0.15) is 0 Å². The summed E-state index contributed by atoms with van der Waals surface area (Å²) >= 11 is 1.85.